The van der Waals surface area contributed by atoms with Gasteiger partial charge in [-0.05, 0) is 37.3 Å². The summed E-state index contributed by atoms with van der Waals surface area (Å²) in [7, 11) is 3.16. The highest BCUT2D eigenvalue weighted by atomic mass is 16.5. The molecule has 1 aliphatic rings. The van der Waals surface area contributed by atoms with Crippen LogP contribution in [0, 0.1) is 17.2 Å². The van der Waals surface area contributed by atoms with E-state index >= 15 is 0 Å². The lowest BCUT2D eigenvalue weighted by Crippen LogP contribution is -2.36. The Morgan fingerprint density at radius 1 is 1.28 bits per heavy atom. The monoisotopic (exact) mass is 394 g/mol. The van der Waals surface area contributed by atoms with Crippen molar-refractivity contribution in [2.75, 3.05) is 37.5 Å². The largest absolute Gasteiger partial charge is 0.497 e. The number of nitrogens with zero attached hydrogens (tertiary/aromatic N) is 3. The predicted octanol–water partition coefficient (Wildman–Crippen LogP) is 3.61. The van der Waals surface area contributed by atoms with E-state index in [1.165, 1.54) is 0 Å². The zero-order chi connectivity index (χ0) is 20.6. The lowest BCUT2D eigenvalue weighted by molar-refractivity contribution is -0.116. The molecule has 0 unspecified atom stereocenters. The number of carbonyl (C=O) groups is 1. The van der Waals surface area contributed by atoms with Crippen molar-refractivity contribution in [1.29, 1.82) is 5.26 Å². The molecule has 0 bridgehead atoms. The highest BCUT2D eigenvalue weighted by Gasteiger charge is 2.22. The number of hydrogen-bond donors (Lipinski definition) is 1. The van der Waals surface area contributed by atoms with Crippen molar-refractivity contribution in [1.82, 2.24) is 4.98 Å². The Morgan fingerprint density at radius 3 is 2.72 bits per heavy atom. The van der Waals surface area contributed by atoms with Crippen molar-refractivity contribution in [3.8, 4) is 17.6 Å². The molecule has 1 amide bonds. The van der Waals surface area contributed by atoms with E-state index in [1.807, 2.05) is 12.1 Å². The third-order valence-electron chi connectivity index (χ3n) is 5.11. The Labute approximate surface area is 171 Å². The Kier molecular flexibility index (Phi) is 6.90. The Bertz CT molecular complexity index is 872. The molecule has 7 heteroatoms. The molecule has 3 rings (SSSR count). The van der Waals surface area contributed by atoms with Crippen LogP contribution in [0.2, 0.25) is 0 Å². The number of pyridine rings is 1. The van der Waals surface area contributed by atoms with Gasteiger partial charge in [0.1, 0.15) is 29.1 Å². The maximum Gasteiger partial charge on any atom is 0.224 e. The summed E-state index contributed by atoms with van der Waals surface area (Å²) in [6.07, 6.45) is 3.40. The van der Waals surface area contributed by atoms with E-state index in [9.17, 15) is 4.79 Å². The van der Waals surface area contributed by atoms with Crippen LogP contribution in [0.5, 0.6) is 11.5 Å². The maximum absolute atomic E-state index is 12.4. The fourth-order valence-electron chi connectivity index (χ4n) is 3.61. The summed E-state index contributed by atoms with van der Waals surface area (Å²) in [5.74, 6) is 2.50. The first-order valence-electron chi connectivity index (χ1n) is 9.76. The first-order valence-corrected chi connectivity index (χ1v) is 9.76. The van der Waals surface area contributed by atoms with Gasteiger partial charge in [-0.3, -0.25) is 4.79 Å². The van der Waals surface area contributed by atoms with Gasteiger partial charge in [0.25, 0.3) is 0 Å². The molecule has 1 aromatic carbocycles. The van der Waals surface area contributed by atoms with Gasteiger partial charge in [-0.2, -0.15) is 5.26 Å². The van der Waals surface area contributed by atoms with E-state index < -0.39 is 0 Å². The highest BCUT2D eigenvalue weighted by Crippen LogP contribution is 2.27. The number of piperidine rings is 1. The van der Waals surface area contributed by atoms with Gasteiger partial charge in [0.05, 0.1) is 14.2 Å². The van der Waals surface area contributed by atoms with Crippen molar-refractivity contribution in [2.45, 2.75) is 25.7 Å². The highest BCUT2D eigenvalue weighted by molar-refractivity contribution is 5.91. The second-order valence-corrected chi connectivity index (χ2v) is 7.14. The van der Waals surface area contributed by atoms with E-state index in [4.69, 9.17) is 14.7 Å². The summed E-state index contributed by atoms with van der Waals surface area (Å²) >= 11 is 0. The first-order chi connectivity index (χ1) is 14.1. The summed E-state index contributed by atoms with van der Waals surface area (Å²) < 4.78 is 10.5. The number of methoxy groups -OCH3 is 2. The number of hydrogen-bond acceptors (Lipinski definition) is 6. The van der Waals surface area contributed by atoms with Crippen LogP contribution in [0.1, 0.15) is 31.4 Å². The van der Waals surface area contributed by atoms with Crippen LogP contribution >= 0.6 is 0 Å². The number of ether oxygens (including phenoxy) is 2. The molecule has 1 saturated heterocycles. The van der Waals surface area contributed by atoms with E-state index in [0.29, 0.717) is 35.2 Å². The fourth-order valence-corrected chi connectivity index (χ4v) is 3.61. The van der Waals surface area contributed by atoms with Crippen molar-refractivity contribution in [3.05, 3.63) is 42.1 Å². The van der Waals surface area contributed by atoms with E-state index in [1.54, 1.807) is 38.5 Å². The van der Waals surface area contributed by atoms with Gasteiger partial charge in [-0.25, -0.2) is 4.98 Å². The van der Waals surface area contributed by atoms with Crippen LogP contribution in [-0.4, -0.2) is 38.2 Å². The Balaban J connectivity index is 1.54. The summed E-state index contributed by atoms with van der Waals surface area (Å²) in [5.41, 5.74) is 1.09. The maximum atomic E-state index is 12.4. The summed E-state index contributed by atoms with van der Waals surface area (Å²) in [6.45, 7) is 1.77. The summed E-state index contributed by atoms with van der Waals surface area (Å²) in [5, 5.41) is 12.0. The van der Waals surface area contributed by atoms with Crippen molar-refractivity contribution in [2.24, 2.45) is 5.92 Å². The third kappa shape index (κ3) is 5.61. The van der Waals surface area contributed by atoms with Gasteiger partial charge in [0, 0.05) is 43.4 Å². The molecule has 0 aliphatic carbocycles. The second kappa shape index (κ2) is 9.78. The molecule has 152 valence electrons. The molecule has 29 heavy (non-hydrogen) atoms. The molecule has 7 nitrogen and oxygen atoms in total. The van der Waals surface area contributed by atoms with E-state index in [-0.39, 0.29) is 5.91 Å². The van der Waals surface area contributed by atoms with Crippen LogP contribution in [0.25, 0.3) is 0 Å². The minimum Gasteiger partial charge on any atom is -0.497 e. The number of benzene rings is 1. The number of anilines is 2. The average molecular weight is 394 g/mol. The molecule has 1 fully saturated rings. The lowest BCUT2D eigenvalue weighted by Gasteiger charge is -2.33. The van der Waals surface area contributed by atoms with Gasteiger partial charge >= 0.3 is 0 Å². The van der Waals surface area contributed by atoms with Gasteiger partial charge in [-0.15, -0.1) is 0 Å². The predicted molar refractivity (Wildman–Crippen MR) is 111 cm³/mol. The van der Waals surface area contributed by atoms with Crippen LogP contribution in [0.3, 0.4) is 0 Å². The van der Waals surface area contributed by atoms with Crippen LogP contribution in [0.4, 0.5) is 11.5 Å². The number of amides is 1. The number of nitriles is 1. The standard InChI is InChI=1S/C22H26N4O3/c1-28-19-11-18(12-20(13-19)29-2)25-22(27)9-8-16-5-4-10-26(15-16)21-7-3-6-17(14-23)24-21/h3,6-7,11-13,16H,4-5,8-10,15H2,1-2H3,(H,25,27)/t16-/m1/s1. The van der Waals surface area contributed by atoms with E-state index in [0.717, 1.165) is 38.2 Å². The SMILES string of the molecule is COc1cc(NC(=O)CC[C@H]2CCCN(c3cccc(C#N)n3)C2)cc(OC)c1. The molecule has 1 aliphatic heterocycles. The van der Waals surface area contributed by atoms with Gasteiger partial charge in [-0.1, -0.05) is 6.07 Å². The zero-order valence-electron chi connectivity index (χ0n) is 16.9. The minimum atomic E-state index is -0.0259. The average Bonchev–Trinajstić information content (AvgIpc) is 2.77. The zero-order valence-corrected chi connectivity index (χ0v) is 16.9. The second-order valence-electron chi connectivity index (χ2n) is 7.14. The van der Waals surface area contributed by atoms with Crippen molar-refractivity contribution < 1.29 is 14.3 Å². The first kappa shape index (κ1) is 20.5. The third-order valence-corrected chi connectivity index (χ3v) is 5.11. The smallest absolute Gasteiger partial charge is 0.224 e. The number of aromatic nitrogens is 1. The molecule has 1 aromatic heterocycles. The topological polar surface area (TPSA) is 87.5 Å². The van der Waals surface area contributed by atoms with Crippen LogP contribution < -0.4 is 19.7 Å². The summed E-state index contributed by atoms with van der Waals surface area (Å²) in [4.78, 5) is 19.0. The molecule has 1 atom stereocenters. The van der Waals surface area contributed by atoms with Crippen molar-refractivity contribution in [3.63, 3.8) is 0 Å². The molecular formula is C22H26N4O3. The van der Waals surface area contributed by atoms with Gasteiger partial charge in [0.15, 0.2) is 0 Å². The molecule has 0 spiro atoms. The Morgan fingerprint density at radius 2 is 2.03 bits per heavy atom. The number of carbonyl (C=O) groups excluding carboxylic acids is 1. The Hall–Kier alpha value is -3.27. The fraction of sp³-hybridized carbons (Fsp3) is 0.409. The van der Waals surface area contributed by atoms with E-state index in [2.05, 4.69) is 21.3 Å². The van der Waals surface area contributed by atoms with Gasteiger partial charge in [0.2, 0.25) is 5.91 Å². The quantitative estimate of drug-likeness (QED) is 0.772. The van der Waals surface area contributed by atoms with Gasteiger partial charge < -0.3 is 19.7 Å². The van der Waals surface area contributed by atoms with Crippen LogP contribution in [-0.2, 0) is 4.79 Å². The lowest BCUT2D eigenvalue weighted by atomic mass is 9.93. The number of nitrogens with one attached hydrogen (secondary N) is 1. The van der Waals surface area contributed by atoms with Crippen LogP contribution in [0.15, 0.2) is 36.4 Å². The molecule has 0 saturated carbocycles. The molecular weight excluding hydrogens is 368 g/mol. The number of rotatable bonds is 7. The minimum absolute atomic E-state index is 0.0259. The molecule has 2 aromatic rings. The molecule has 0 radical (unpaired) electrons. The van der Waals surface area contributed by atoms with Crippen molar-refractivity contribution >= 4 is 17.4 Å². The summed E-state index contributed by atoms with van der Waals surface area (Å²) in [6, 6.07) is 12.9. The molecule has 1 N–H and O–H groups in total. The molecule has 2 heterocycles. The normalized spacial score (nSPS) is 16.0.